The first-order valence-electron chi connectivity index (χ1n) is 8.54. The molecule has 3 rings (SSSR count). The first kappa shape index (κ1) is 17.1. The van der Waals surface area contributed by atoms with E-state index in [9.17, 15) is 10.1 Å². The zero-order valence-corrected chi connectivity index (χ0v) is 14.9. The van der Waals surface area contributed by atoms with E-state index in [1.54, 1.807) is 0 Å². The first-order chi connectivity index (χ1) is 11.9. The number of hydrogen-bond acceptors (Lipinski definition) is 4. The number of rotatable bonds is 2. The van der Waals surface area contributed by atoms with Gasteiger partial charge in [-0.15, -0.1) is 0 Å². The monoisotopic (exact) mass is 337 g/mol. The summed E-state index contributed by atoms with van der Waals surface area (Å²) in [5, 5.41) is 14.3. The number of benzene rings is 2. The van der Waals surface area contributed by atoms with Crippen LogP contribution in [-0.4, -0.2) is 30.8 Å². The number of carbonyl (C=O) groups excluding carboxylic acids is 1. The van der Waals surface area contributed by atoms with Crippen LogP contribution in [0.15, 0.2) is 36.4 Å². The molecule has 1 saturated heterocycles. The Morgan fingerprint density at radius 1 is 1.24 bits per heavy atom. The number of hydrogen-bond donors (Lipinski definition) is 1. The van der Waals surface area contributed by atoms with Gasteiger partial charge in [0.1, 0.15) is 5.60 Å². The van der Waals surface area contributed by atoms with Gasteiger partial charge < -0.3 is 15.0 Å². The van der Waals surface area contributed by atoms with Gasteiger partial charge in [0.2, 0.25) is 0 Å². The number of alkyl carbamates (subject to hydrolysis) is 1. The number of carbonyl (C=O) groups is 1. The molecule has 1 N–H and O–H groups in total. The number of ether oxygens (including phenoxy) is 1. The second-order valence-electron chi connectivity index (χ2n) is 7.37. The van der Waals surface area contributed by atoms with Crippen LogP contribution in [0.2, 0.25) is 0 Å². The number of fused-ring (bicyclic) bond motifs is 1. The third kappa shape index (κ3) is 3.85. The maximum Gasteiger partial charge on any atom is 0.407 e. The largest absolute Gasteiger partial charge is 0.444 e. The van der Waals surface area contributed by atoms with Crippen molar-refractivity contribution >= 4 is 22.6 Å². The van der Waals surface area contributed by atoms with Gasteiger partial charge in [-0.05, 0) is 39.3 Å². The first-order valence-corrected chi connectivity index (χ1v) is 8.54. The molecule has 0 radical (unpaired) electrons. The highest BCUT2D eigenvalue weighted by Crippen LogP contribution is 2.31. The van der Waals surface area contributed by atoms with Crippen molar-refractivity contribution in [3.63, 3.8) is 0 Å². The SMILES string of the molecule is CC(C)(C)OC(=O)NC1CCN(c2ccc(C#N)c3ccccc23)C1. The number of anilines is 1. The second-order valence-corrected chi connectivity index (χ2v) is 7.37. The van der Waals surface area contributed by atoms with E-state index in [2.05, 4.69) is 16.3 Å². The fourth-order valence-electron chi connectivity index (χ4n) is 3.23. The summed E-state index contributed by atoms with van der Waals surface area (Å²) >= 11 is 0. The lowest BCUT2D eigenvalue weighted by molar-refractivity contribution is 0.0509. The van der Waals surface area contributed by atoms with Crippen LogP contribution >= 0.6 is 0 Å². The molecule has 1 heterocycles. The van der Waals surface area contributed by atoms with Gasteiger partial charge in [-0.25, -0.2) is 4.79 Å². The van der Waals surface area contributed by atoms with Gasteiger partial charge in [0.15, 0.2) is 0 Å². The second kappa shape index (κ2) is 6.64. The zero-order chi connectivity index (χ0) is 18.0. The van der Waals surface area contributed by atoms with E-state index in [1.165, 1.54) is 0 Å². The molecule has 0 aliphatic carbocycles. The molecule has 0 bridgehead atoms. The van der Waals surface area contributed by atoms with Crippen LogP contribution in [0.3, 0.4) is 0 Å². The van der Waals surface area contributed by atoms with Crippen molar-refractivity contribution in [2.75, 3.05) is 18.0 Å². The predicted octanol–water partition coefficient (Wildman–Crippen LogP) is 3.81. The maximum absolute atomic E-state index is 12.0. The van der Waals surface area contributed by atoms with Gasteiger partial charge in [-0.3, -0.25) is 0 Å². The Hall–Kier alpha value is -2.74. The fourth-order valence-corrected chi connectivity index (χ4v) is 3.23. The van der Waals surface area contributed by atoms with Gasteiger partial charge in [0.05, 0.1) is 17.7 Å². The average Bonchev–Trinajstić information content (AvgIpc) is 3.00. The van der Waals surface area contributed by atoms with Crippen molar-refractivity contribution in [2.45, 2.75) is 38.8 Å². The smallest absolute Gasteiger partial charge is 0.407 e. The molecule has 1 aliphatic heterocycles. The lowest BCUT2D eigenvalue weighted by Gasteiger charge is -2.23. The third-order valence-electron chi connectivity index (χ3n) is 4.27. The summed E-state index contributed by atoms with van der Waals surface area (Å²) < 4.78 is 5.34. The van der Waals surface area contributed by atoms with Crippen LogP contribution < -0.4 is 10.2 Å². The summed E-state index contributed by atoms with van der Waals surface area (Å²) in [6.45, 7) is 7.16. The minimum Gasteiger partial charge on any atom is -0.444 e. The van der Waals surface area contributed by atoms with Crippen LogP contribution in [-0.2, 0) is 4.74 Å². The number of nitrogens with zero attached hydrogens (tertiary/aromatic N) is 2. The molecule has 5 heteroatoms. The molecular formula is C20H23N3O2. The van der Waals surface area contributed by atoms with E-state index in [4.69, 9.17) is 4.74 Å². The maximum atomic E-state index is 12.0. The molecule has 1 amide bonds. The van der Waals surface area contributed by atoms with Crippen LogP contribution in [0.4, 0.5) is 10.5 Å². The van der Waals surface area contributed by atoms with E-state index in [0.717, 1.165) is 36.0 Å². The molecule has 0 aromatic heterocycles. The normalized spacial score (nSPS) is 17.4. The van der Waals surface area contributed by atoms with Crippen molar-refractivity contribution in [3.05, 3.63) is 42.0 Å². The van der Waals surface area contributed by atoms with E-state index in [-0.39, 0.29) is 12.1 Å². The van der Waals surface area contributed by atoms with Crippen molar-refractivity contribution < 1.29 is 9.53 Å². The Morgan fingerprint density at radius 3 is 2.64 bits per heavy atom. The van der Waals surface area contributed by atoms with E-state index in [1.807, 2.05) is 57.2 Å². The summed E-state index contributed by atoms with van der Waals surface area (Å²) in [6, 6.07) is 14.1. The van der Waals surface area contributed by atoms with Crippen molar-refractivity contribution in [1.82, 2.24) is 5.32 Å². The summed E-state index contributed by atoms with van der Waals surface area (Å²) in [4.78, 5) is 14.2. The molecule has 1 fully saturated rings. The molecule has 0 saturated carbocycles. The highest BCUT2D eigenvalue weighted by atomic mass is 16.6. The molecule has 130 valence electrons. The Bertz CT molecular complexity index is 833. The molecule has 0 spiro atoms. The van der Waals surface area contributed by atoms with Gasteiger partial charge in [-0.1, -0.05) is 24.3 Å². The van der Waals surface area contributed by atoms with Gasteiger partial charge in [0.25, 0.3) is 0 Å². The molecule has 2 aromatic rings. The van der Waals surface area contributed by atoms with Crippen LogP contribution in [0, 0.1) is 11.3 Å². The van der Waals surface area contributed by atoms with Crippen molar-refractivity contribution in [3.8, 4) is 6.07 Å². The van der Waals surface area contributed by atoms with Crippen LogP contribution in [0.5, 0.6) is 0 Å². The van der Waals surface area contributed by atoms with Crippen molar-refractivity contribution in [1.29, 1.82) is 5.26 Å². The van der Waals surface area contributed by atoms with Crippen LogP contribution in [0.25, 0.3) is 10.8 Å². The topological polar surface area (TPSA) is 65.4 Å². The lowest BCUT2D eigenvalue weighted by Crippen LogP contribution is -2.40. The summed E-state index contributed by atoms with van der Waals surface area (Å²) in [5.41, 5.74) is 1.29. The molecular weight excluding hydrogens is 314 g/mol. The minimum atomic E-state index is -0.494. The molecule has 1 aliphatic rings. The van der Waals surface area contributed by atoms with Gasteiger partial charge >= 0.3 is 6.09 Å². The van der Waals surface area contributed by atoms with E-state index >= 15 is 0 Å². The number of nitriles is 1. The Morgan fingerprint density at radius 2 is 1.96 bits per heavy atom. The standard InChI is InChI=1S/C20H23N3O2/c1-20(2,3)25-19(24)22-15-10-11-23(13-15)18-9-8-14(12-21)16-6-4-5-7-17(16)18/h4-9,15H,10-11,13H2,1-3H3,(H,22,24). The third-order valence-corrected chi connectivity index (χ3v) is 4.27. The van der Waals surface area contributed by atoms with Crippen molar-refractivity contribution in [2.24, 2.45) is 0 Å². The van der Waals surface area contributed by atoms with Gasteiger partial charge in [0, 0.05) is 29.5 Å². The lowest BCUT2D eigenvalue weighted by atomic mass is 10.0. The van der Waals surface area contributed by atoms with E-state index in [0.29, 0.717) is 5.56 Å². The average molecular weight is 337 g/mol. The summed E-state index contributed by atoms with van der Waals surface area (Å²) in [6.07, 6.45) is 0.497. The number of nitrogens with one attached hydrogen (secondary N) is 1. The molecule has 25 heavy (non-hydrogen) atoms. The Kier molecular flexibility index (Phi) is 4.54. The minimum absolute atomic E-state index is 0.0595. The highest BCUT2D eigenvalue weighted by molar-refractivity contribution is 5.98. The Balaban J connectivity index is 1.76. The summed E-state index contributed by atoms with van der Waals surface area (Å²) in [5.74, 6) is 0. The van der Waals surface area contributed by atoms with E-state index < -0.39 is 5.60 Å². The highest BCUT2D eigenvalue weighted by Gasteiger charge is 2.27. The predicted molar refractivity (Wildman–Crippen MR) is 98.7 cm³/mol. The summed E-state index contributed by atoms with van der Waals surface area (Å²) in [7, 11) is 0. The van der Waals surface area contributed by atoms with Gasteiger partial charge in [-0.2, -0.15) is 5.26 Å². The molecule has 2 aromatic carbocycles. The molecule has 1 unspecified atom stereocenters. The zero-order valence-electron chi connectivity index (χ0n) is 14.9. The van der Waals surface area contributed by atoms with Crippen LogP contribution in [0.1, 0.15) is 32.8 Å². The Labute approximate surface area is 148 Å². The quantitative estimate of drug-likeness (QED) is 0.905. The number of amides is 1. The fraction of sp³-hybridized carbons (Fsp3) is 0.400. The molecule has 1 atom stereocenters. The molecule has 5 nitrogen and oxygen atoms in total.